The van der Waals surface area contributed by atoms with E-state index in [1.807, 2.05) is 26.0 Å². The number of benzene rings is 2. The average Bonchev–Trinajstić information content (AvgIpc) is 3.40. The quantitative estimate of drug-likeness (QED) is 0.0710. The number of carbonyl (C=O) groups excluding carboxylic acids is 7. The molecule has 0 spiro atoms. The normalized spacial score (nSPS) is 14.9. The molecular formula is C40H54N6O8. The summed E-state index contributed by atoms with van der Waals surface area (Å²) < 4.78 is 5.33. The van der Waals surface area contributed by atoms with Crippen LogP contribution in [0.5, 0.6) is 0 Å². The van der Waals surface area contributed by atoms with Gasteiger partial charge < -0.3 is 32.2 Å². The SMILES string of the molecule is Cc1cccc(C)c1C(=O)OCC(=O)C(CCCCN)NC(=O)CNC(=O)C(Cc1ccccc1)NC(=O)CC(C)(N)CC(C)(C)CN1C(=O)C=CC1=O. The number of Topliss-reactive ketones (excluding diaryl/α,β-unsaturated/α-hetero) is 1. The van der Waals surface area contributed by atoms with Gasteiger partial charge in [0.05, 0.1) is 18.2 Å². The van der Waals surface area contributed by atoms with E-state index in [1.54, 1.807) is 57.2 Å². The van der Waals surface area contributed by atoms with Crippen LogP contribution in [-0.4, -0.2) is 90.1 Å². The second-order valence-corrected chi connectivity index (χ2v) is 15.0. The van der Waals surface area contributed by atoms with Crippen molar-refractivity contribution in [2.24, 2.45) is 16.9 Å². The monoisotopic (exact) mass is 746 g/mol. The minimum Gasteiger partial charge on any atom is -0.454 e. The van der Waals surface area contributed by atoms with Crippen LogP contribution in [0.1, 0.15) is 79.9 Å². The molecule has 1 heterocycles. The van der Waals surface area contributed by atoms with Gasteiger partial charge in [-0.1, -0.05) is 62.4 Å². The molecule has 1 aliphatic rings. The number of esters is 1. The van der Waals surface area contributed by atoms with Gasteiger partial charge in [0.1, 0.15) is 6.04 Å². The number of amides is 5. The molecule has 3 unspecified atom stereocenters. The molecule has 0 bridgehead atoms. The van der Waals surface area contributed by atoms with Crippen molar-refractivity contribution in [2.45, 2.75) is 90.8 Å². The highest BCUT2D eigenvalue weighted by Gasteiger charge is 2.36. The van der Waals surface area contributed by atoms with Crippen molar-refractivity contribution >= 4 is 41.3 Å². The number of carbonyl (C=O) groups is 7. The van der Waals surface area contributed by atoms with Gasteiger partial charge in [-0.15, -0.1) is 0 Å². The van der Waals surface area contributed by atoms with Crippen molar-refractivity contribution in [1.29, 1.82) is 0 Å². The number of hydrogen-bond donors (Lipinski definition) is 5. The van der Waals surface area contributed by atoms with Crippen LogP contribution in [0.15, 0.2) is 60.7 Å². The van der Waals surface area contributed by atoms with E-state index in [0.717, 1.165) is 10.5 Å². The maximum atomic E-state index is 13.5. The fourth-order valence-electron chi connectivity index (χ4n) is 6.69. The maximum absolute atomic E-state index is 13.5. The summed E-state index contributed by atoms with van der Waals surface area (Å²) >= 11 is 0. The Morgan fingerprint density at radius 1 is 0.833 bits per heavy atom. The Morgan fingerprint density at radius 2 is 1.44 bits per heavy atom. The lowest BCUT2D eigenvalue weighted by atomic mass is 9.77. The number of ether oxygens (including phenoxy) is 1. The van der Waals surface area contributed by atoms with Crippen molar-refractivity contribution in [1.82, 2.24) is 20.9 Å². The molecule has 0 saturated heterocycles. The molecule has 0 radical (unpaired) electrons. The molecule has 7 N–H and O–H groups in total. The highest BCUT2D eigenvalue weighted by Crippen LogP contribution is 2.30. The van der Waals surface area contributed by atoms with Crippen LogP contribution < -0.4 is 27.4 Å². The summed E-state index contributed by atoms with van der Waals surface area (Å²) in [6, 6.07) is 12.3. The largest absolute Gasteiger partial charge is 0.454 e. The van der Waals surface area contributed by atoms with Gasteiger partial charge in [0.15, 0.2) is 12.4 Å². The number of nitrogens with two attached hydrogens (primary N) is 2. The summed E-state index contributed by atoms with van der Waals surface area (Å²) in [5.74, 6) is -3.75. The molecule has 5 amide bonds. The minimum absolute atomic E-state index is 0.116. The fourth-order valence-corrected chi connectivity index (χ4v) is 6.69. The third-order valence-electron chi connectivity index (χ3n) is 8.99. The van der Waals surface area contributed by atoms with Crippen LogP contribution in [-0.2, 0) is 39.9 Å². The third-order valence-corrected chi connectivity index (χ3v) is 8.99. The number of rotatable bonds is 21. The van der Waals surface area contributed by atoms with Gasteiger partial charge in [-0.05, 0) is 75.1 Å². The van der Waals surface area contributed by atoms with Crippen LogP contribution in [0.3, 0.4) is 0 Å². The number of aryl methyl sites for hydroxylation is 2. The molecule has 2 aromatic carbocycles. The summed E-state index contributed by atoms with van der Waals surface area (Å²) in [7, 11) is 0. The molecule has 0 saturated carbocycles. The predicted octanol–water partition coefficient (Wildman–Crippen LogP) is 1.94. The highest BCUT2D eigenvalue weighted by atomic mass is 16.5. The Morgan fingerprint density at radius 3 is 2.06 bits per heavy atom. The molecule has 1 aliphatic heterocycles. The van der Waals surface area contributed by atoms with Gasteiger partial charge in [0.25, 0.3) is 11.8 Å². The zero-order valence-corrected chi connectivity index (χ0v) is 31.9. The zero-order valence-electron chi connectivity index (χ0n) is 31.9. The van der Waals surface area contributed by atoms with Gasteiger partial charge in [-0.2, -0.15) is 0 Å². The smallest absolute Gasteiger partial charge is 0.339 e. The Kier molecular flexibility index (Phi) is 15.8. The number of ketones is 1. The lowest BCUT2D eigenvalue weighted by Gasteiger charge is -2.36. The number of unbranched alkanes of at least 4 members (excludes halogenated alkanes) is 1. The van der Waals surface area contributed by atoms with E-state index in [-0.39, 0.29) is 32.2 Å². The average molecular weight is 747 g/mol. The number of hydrogen-bond acceptors (Lipinski definition) is 10. The molecule has 3 rings (SSSR count). The van der Waals surface area contributed by atoms with Crippen LogP contribution in [0, 0.1) is 19.3 Å². The maximum Gasteiger partial charge on any atom is 0.339 e. The lowest BCUT2D eigenvalue weighted by molar-refractivity contribution is -0.139. The number of imide groups is 1. The van der Waals surface area contributed by atoms with E-state index in [1.165, 1.54) is 12.2 Å². The Balaban J connectivity index is 1.62. The minimum atomic E-state index is -1.08. The summed E-state index contributed by atoms with van der Waals surface area (Å²) in [6.45, 7) is 8.38. The Hall–Kier alpha value is -5.21. The Labute approximate surface area is 316 Å². The molecule has 0 fully saturated rings. The topological polar surface area (TPSA) is 220 Å². The van der Waals surface area contributed by atoms with Crippen LogP contribution in [0.4, 0.5) is 0 Å². The van der Waals surface area contributed by atoms with Gasteiger partial charge >= 0.3 is 5.97 Å². The first-order valence-electron chi connectivity index (χ1n) is 18.1. The number of nitrogens with one attached hydrogen (secondary N) is 3. The van der Waals surface area contributed by atoms with Crippen molar-refractivity contribution < 1.29 is 38.3 Å². The van der Waals surface area contributed by atoms with E-state index in [4.69, 9.17) is 16.2 Å². The summed E-state index contributed by atoms with van der Waals surface area (Å²) in [5.41, 5.74) is 13.1. The van der Waals surface area contributed by atoms with E-state index in [9.17, 15) is 33.6 Å². The summed E-state index contributed by atoms with van der Waals surface area (Å²) in [4.78, 5) is 91.2. The van der Waals surface area contributed by atoms with Crippen LogP contribution in [0.25, 0.3) is 0 Å². The van der Waals surface area contributed by atoms with E-state index < -0.39 is 77.5 Å². The second kappa shape index (κ2) is 19.7. The lowest BCUT2D eigenvalue weighted by Crippen LogP contribution is -2.53. The third kappa shape index (κ3) is 13.6. The molecule has 2 aromatic rings. The van der Waals surface area contributed by atoms with Crippen LogP contribution in [0.2, 0.25) is 0 Å². The molecular weight excluding hydrogens is 692 g/mol. The summed E-state index contributed by atoms with van der Waals surface area (Å²) in [6.07, 6.45) is 4.03. The van der Waals surface area contributed by atoms with E-state index >= 15 is 0 Å². The van der Waals surface area contributed by atoms with Gasteiger partial charge in [0, 0.05) is 37.1 Å². The van der Waals surface area contributed by atoms with Crippen molar-refractivity contribution in [3.8, 4) is 0 Å². The predicted molar refractivity (Wildman–Crippen MR) is 203 cm³/mol. The van der Waals surface area contributed by atoms with Gasteiger partial charge in [-0.3, -0.25) is 33.7 Å². The molecule has 14 heteroatoms. The van der Waals surface area contributed by atoms with Gasteiger partial charge in [-0.25, -0.2) is 4.79 Å². The zero-order chi connectivity index (χ0) is 40.1. The molecule has 14 nitrogen and oxygen atoms in total. The second-order valence-electron chi connectivity index (χ2n) is 15.0. The van der Waals surface area contributed by atoms with Gasteiger partial charge in [0.2, 0.25) is 17.7 Å². The first-order chi connectivity index (χ1) is 25.4. The standard InChI is InChI=1S/C40H54N6O8/c1-26-12-11-13-27(2)36(26)38(53)54-23-31(47)29(16-9-10-19-41)44-33(49)22-43-37(52)30(20-28-14-7-6-8-15-28)45-32(48)21-40(5,42)24-39(3,4)25-46-34(50)17-18-35(46)51/h6-8,11-15,17-18,29-30H,9-10,16,19-25,41-42H2,1-5H3,(H,43,52)(H,44,49)(H,45,48). The molecule has 0 aromatic heterocycles. The van der Waals surface area contributed by atoms with E-state index in [2.05, 4.69) is 16.0 Å². The van der Waals surface area contributed by atoms with Crippen molar-refractivity contribution in [2.75, 3.05) is 26.2 Å². The molecule has 0 aliphatic carbocycles. The summed E-state index contributed by atoms with van der Waals surface area (Å²) in [5, 5.41) is 7.96. The van der Waals surface area contributed by atoms with Crippen molar-refractivity contribution in [3.63, 3.8) is 0 Å². The molecule has 3 atom stereocenters. The first-order valence-corrected chi connectivity index (χ1v) is 18.1. The van der Waals surface area contributed by atoms with Crippen molar-refractivity contribution in [3.05, 3.63) is 82.9 Å². The Bertz CT molecular complexity index is 1680. The highest BCUT2D eigenvalue weighted by molar-refractivity contribution is 6.12. The number of nitrogens with zero attached hydrogens (tertiary/aromatic N) is 1. The fraction of sp³-hybridized carbons (Fsp3) is 0.475. The van der Waals surface area contributed by atoms with Crippen LogP contribution >= 0.6 is 0 Å². The molecule has 54 heavy (non-hydrogen) atoms. The molecule has 292 valence electrons. The first kappa shape index (κ1) is 43.2. The van der Waals surface area contributed by atoms with E-state index in [0.29, 0.717) is 36.1 Å².